The molecule has 2 rings (SSSR count). The summed E-state index contributed by atoms with van der Waals surface area (Å²) in [5, 5.41) is 10.6. The average molecular weight is 344 g/mol. The summed E-state index contributed by atoms with van der Waals surface area (Å²) >= 11 is 0. The van der Waals surface area contributed by atoms with E-state index in [1.165, 1.54) is 4.90 Å². The van der Waals surface area contributed by atoms with Crippen LogP contribution in [0.25, 0.3) is 10.9 Å². The minimum Gasteiger partial charge on any atom is -0.479 e. The maximum Gasteiger partial charge on any atom is 0.411 e. The SMILES string of the molecule is CC(C)N(C(=O)OC(C)(C)C)C(C(=O)O)c1ccc2ncccc2c1. The normalized spacial score (nSPS) is 12.9. The Bertz CT molecular complexity index is 780. The molecule has 1 aromatic heterocycles. The number of rotatable bonds is 4. The molecule has 1 aromatic carbocycles. The van der Waals surface area contributed by atoms with Crippen LogP contribution in [0.15, 0.2) is 36.5 Å². The molecule has 0 aliphatic heterocycles. The van der Waals surface area contributed by atoms with Crippen LogP contribution in [0.4, 0.5) is 4.79 Å². The Balaban J connectivity index is 2.48. The number of aliphatic carboxylic acids is 1. The summed E-state index contributed by atoms with van der Waals surface area (Å²) in [6.45, 7) is 8.79. The van der Waals surface area contributed by atoms with Gasteiger partial charge in [0.05, 0.1) is 5.52 Å². The van der Waals surface area contributed by atoms with E-state index in [1.807, 2.05) is 6.07 Å². The number of benzene rings is 1. The molecule has 6 nitrogen and oxygen atoms in total. The molecular weight excluding hydrogens is 320 g/mol. The highest BCUT2D eigenvalue weighted by molar-refractivity contribution is 5.85. The van der Waals surface area contributed by atoms with Gasteiger partial charge in [-0.3, -0.25) is 9.88 Å². The van der Waals surface area contributed by atoms with E-state index in [9.17, 15) is 14.7 Å². The Morgan fingerprint density at radius 3 is 2.44 bits per heavy atom. The van der Waals surface area contributed by atoms with Crippen LogP contribution in [0.2, 0.25) is 0 Å². The number of carboxylic acid groups (broad SMARTS) is 1. The van der Waals surface area contributed by atoms with E-state index in [2.05, 4.69) is 4.98 Å². The zero-order chi connectivity index (χ0) is 18.8. The Labute approximate surface area is 147 Å². The highest BCUT2D eigenvalue weighted by atomic mass is 16.6. The van der Waals surface area contributed by atoms with E-state index in [1.54, 1.807) is 65.1 Å². The molecule has 0 aliphatic rings. The molecule has 0 bridgehead atoms. The number of hydrogen-bond acceptors (Lipinski definition) is 4. The zero-order valence-corrected chi connectivity index (χ0v) is 15.2. The van der Waals surface area contributed by atoms with Crippen LogP contribution in [0.1, 0.15) is 46.2 Å². The molecule has 1 amide bonds. The van der Waals surface area contributed by atoms with Gasteiger partial charge in [-0.2, -0.15) is 0 Å². The first-order chi connectivity index (χ1) is 11.6. The topological polar surface area (TPSA) is 79.7 Å². The van der Waals surface area contributed by atoms with Crippen molar-refractivity contribution in [2.45, 2.75) is 52.3 Å². The molecule has 0 spiro atoms. The van der Waals surface area contributed by atoms with Crippen molar-refractivity contribution in [2.24, 2.45) is 0 Å². The van der Waals surface area contributed by atoms with Crippen molar-refractivity contribution in [1.82, 2.24) is 9.88 Å². The first kappa shape index (κ1) is 18.7. The Kier molecular flexibility index (Phi) is 5.30. The minimum absolute atomic E-state index is 0.347. The molecule has 25 heavy (non-hydrogen) atoms. The van der Waals surface area contributed by atoms with Gasteiger partial charge in [-0.05, 0) is 58.4 Å². The Hall–Kier alpha value is -2.63. The number of nitrogens with zero attached hydrogens (tertiary/aromatic N) is 2. The van der Waals surface area contributed by atoms with Gasteiger partial charge in [0.15, 0.2) is 6.04 Å². The molecule has 6 heteroatoms. The third kappa shape index (κ3) is 4.47. The number of aromatic nitrogens is 1. The van der Waals surface area contributed by atoms with Gasteiger partial charge in [-0.25, -0.2) is 9.59 Å². The van der Waals surface area contributed by atoms with Crippen LogP contribution < -0.4 is 0 Å². The van der Waals surface area contributed by atoms with Crippen molar-refractivity contribution in [3.63, 3.8) is 0 Å². The van der Waals surface area contributed by atoms with E-state index in [-0.39, 0.29) is 6.04 Å². The molecule has 0 fully saturated rings. The summed E-state index contributed by atoms with van der Waals surface area (Å²) in [6.07, 6.45) is 1.03. The highest BCUT2D eigenvalue weighted by Crippen LogP contribution is 2.28. The number of carbonyl (C=O) groups is 2. The van der Waals surface area contributed by atoms with Crippen LogP contribution in [0.5, 0.6) is 0 Å². The number of amides is 1. The molecule has 2 aromatic rings. The quantitative estimate of drug-likeness (QED) is 0.906. The smallest absolute Gasteiger partial charge is 0.411 e. The summed E-state index contributed by atoms with van der Waals surface area (Å²) in [4.78, 5) is 30.1. The molecule has 1 atom stereocenters. The molecule has 0 aliphatic carbocycles. The van der Waals surface area contributed by atoms with Crippen LogP contribution in [0.3, 0.4) is 0 Å². The largest absolute Gasteiger partial charge is 0.479 e. The van der Waals surface area contributed by atoms with Crippen molar-refractivity contribution in [1.29, 1.82) is 0 Å². The number of hydrogen-bond donors (Lipinski definition) is 1. The fraction of sp³-hybridized carbons (Fsp3) is 0.421. The maximum atomic E-state index is 12.6. The lowest BCUT2D eigenvalue weighted by Gasteiger charge is -2.34. The van der Waals surface area contributed by atoms with Gasteiger partial charge in [0.2, 0.25) is 0 Å². The number of carbonyl (C=O) groups excluding carboxylic acids is 1. The van der Waals surface area contributed by atoms with Gasteiger partial charge >= 0.3 is 12.1 Å². The van der Waals surface area contributed by atoms with Gasteiger partial charge in [0.1, 0.15) is 5.60 Å². The van der Waals surface area contributed by atoms with Crippen LogP contribution in [0, 0.1) is 0 Å². The van der Waals surface area contributed by atoms with Crippen LogP contribution >= 0.6 is 0 Å². The average Bonchev–Trinajstić information content (AvgIpc) is 2.49. The molecule has 0 saturated carbocycles. The summed E-state index contributed by atoms with van der Waals surface area (Å²) in [5.41, 5.74) is 0.567. The highest BCUT2D eigenvalue weighted by Gasteiger charge is 2.36. The van der Waals surface area contributed by atoms with E-state index in [4.69, 9.17) is 4.74 Å². The second-order valence-corrected chi connectivity index (χ2v) is 7.18. The first-order valence-corrected chi connectivity index (χ1v) is 8.19. The van der Waals surface area contributed by atoms with Crippen LogP contribution in [-0.2, 0) is 9.53 Å². The predicted octanol–water partition coefficient (Wildman–Crippen LogP) is 4.01. The Morgan fingerprint density at radius 1 is 1.20 bits per heavy atom. The predicted molar refractivity (Wildman–Crippen MR) is 95.3 cm³/mol. The zero-order valence-electron chi connectivity index (χ0n) is 15.2. The summed E-state index contributed by atoms with van der Waals surface area (Å²) in [5.74, 6) is -1.11. The monoisotopic (exact) mass is 344 g/mol. The molecule has 1 unspecified atom stereocenters. The second kappa shape index (κ2) is 7.09. The number of fused-ring (bicyclic) bond motifs is 1. The third-order valence-corrected chi connectivity index (χ3v) is 3.62. The molecule has 0 saturated heterocycles. The standard InChI is InChI=1S/C19H24N2O4/c1-12(2)21(18(24)25-19(3,4)5)16(17(22)23)14-8-9-15-13(11-14)7-6-10-20-15/h6-12,16H,1-5H3,(H,22,23). The molecular formula is C19H24N2O4. The van der Waals surface area contributed by atoms with E-state index in [0.29, 0.717) is 5.56 Å². The van der Waals surface area contributed by atoms with Gasteiger partial charge in [-0.1, -0.05) is 12.1 Å². The van der Waals surface area contributed by atoms with Gasteiger partial charge < -0.3 is 9.84 Å². The fourth-order valence-electron chi connectivity index (χ4n) is 2.62. The van der Waals surface area contributed by atoms with Gasteiger partial charge in [0.25, 0.3) is 0 Å². The van der Waals surface area contributed by atoms with Crippen molar-refractivity contribution < 1.29 is 19.4 Å². The van der Waals surface area contributed by atoms with Crippen molar-refractivity contribution >= 4 is 23.0 Å². The van der Waals surface area contributed by atoms with E-state index >= 15 is 0 Å². The third-order valence-electron chi connectivity index (χ3n) is 3.62. The maximum absolute atomic E-state index is 12.6. The van der Waals surface area contributed by atoms with E-state index < -0.39 is 23.7 Å². The number of pyridine rings is 1. The summed E-state index contributed by atoms with van der Waals surface area (Å²) in [6, 6.07) is 7.36. The lowest BCUT2D eigenvalue weighted by atomic mass is 10.0. The van der Waals surface area contributed by atoms with Crippen molar-refractivity contribution in [3.05, 3.63) is 42.1 Å². The lowest BCUT2D eigenvalue weighted by molar-refractivity contribution is -0.144. The molecule has 1 N–H and O–H groups in total. The van der Waals surface area contributed by atoms with Crippen molar-refractivity contribution in [2.75, 3.05) is 0 Å². The van der Waals surface area contributed by atoms with Crippen LogP contribution in [-0.4, -0.2) is 38.7 Å². The van der Waals surface area contributed by atoms with Crippen molar-refractivity contribution in [3.8, 4) is 0 Å². The second-order valence-electron chi connectivity index (χ2n) is 7.18. The molecule has 134 valence electrons. The summed E-state index contributed by atoms with van der Waals surface area (Å²) in [7, 11) is 0. The number of ether oxygens (including phenoxy) is 1. The van der Waals surface area contributed by atoms with Gasteiger partial charge in [0, 0.05) is 17.6 Å². The Morgan fingerprint density at radius 2 is 1.88 bits per heavy atom. The number of carboxylic acids is 1. The lowest BCUT2D eigenvalue weighted by Crippen LogP contribution is -2.45. The molecule has 0 radical (unpaired) electrons. The minimum atomic E-state index is -1.14. The van der Waals surface area contributed by atoms with E-state index in [0.717, 1.165) is 10.9 Å². The molecule has 1 heterocycles. The fourth-order valence-corrected chi connectivity index (χ4v) is 2.62. The first-order valence-electron chi connectivity index (χ1n) is 8.19. The van der Waals surface area contributed by atoms with Gasteiger partial charge in [-0.15, -0.1) is 0 Å². The summed E-state index contributed by atoms with van der Waals surface area (Å²) < 4.78 is 5.41.